The maximum Gasteiger partial charge on any atom is 0.108 e. The van der Waals surface area contributed by atoms with Gasteiger partial charge in [-0.25, -0.2) is 4.98 Å². The second kappa shape index (κ2) is 5.33. The minimum Gasteiger partial charge on any atom is -0.335 e. The molecule has 2 N–H and O–H groups in total. The molecule has 3 aromatic rings. The Hall–Kier alpha value is -2.14. The minimum absolute atomic E-state index is 0.697. The lowest BCUT2D eigenvalue weighted by molar-refractivity contribution is 0.347. The Morgan fingerprint density at radius 2 is 2.38 bits per heavy atom. The Labute approximate surface area is 123 Å². The second-order valence-electron chi connectivity index (χ2n) is 5.82. The number of nitrogens with one attached hydrogen (secondary N) is 2. The molecule has 0 amide bonds. The molecule has 0 unspecified atom stereocenters. The van der Waals surface area contributed by atoms with E-state index < -0.39 is 0 Å². The van der Waals surface area contributed by atoms with Crippen LogP contribution in [0.5, 0.6) is 0 Å². The van der Waals surface area contributed by atoms with E-state index in [9.17, 15) is 0 Å². The van der Waals surface area contributed by atoms with Crippen LogP contribution in [-0.2, 0) is 19.5 Å². The van der Waals surface area contributed by atoms with Gasteiger partial charge in [0.1, 0.15) is 5.82 Å². The van der Waals surface area contributed by atoms with Gasteiger partial charge >= 0.3 is 0 Å². The number of imidazole rings is 1. The lowest BCUT2D eigenvalue weighted by Gasteiger charge is -2.24. The molecule has 0 saturated heterocycles. The normalized spacial score (nSPS) is 18.0. The van der Waals surface area contributed by atoms with E-state index >= 15 is 0 Å². The third kappa shape index (κ3) is 2.56. The van der Waals surface area contributed by atoms with Crippen molar-refractivity contribution in [1.82, 2.24) is 25.1 Å². The first-order valence-electron chi connectivity index (χ1n) is 7.51. The molecule has 0 bridgehead atoms. The SMILES string of the molecule is c1cn2c(n1)CC[C@@H](CNCc1ccc3cn[nH]c3c1)C2. The molecule has 0 saturated carbocycles. The molecule has 0 radical (unpaired) electrons. The van der Waals surface area contributed by atoms with Gasteiger partial charge in [0.15, 0.2) is 0 Å². The van der Waals surface area contributed by atoms with E-state index in [0.717, 1.165) is 31.6 Å². The summed E-state index contributed by atoms with van der Waals surface area (Å²) in [5.74, 6) is 1.93. The molecule has 1 atom stereocenters. The number of benzene rings is 1. The Kier molecular flexibility index (Phi) is 3.20. The summed E-state index contributed by atoms with van der Waals surface area (Å²) in [6.07, 6.45) is 8.18. The highest BCUT2D eigenvalue weighted by Crippen LogP contribution is 2.18. The van der Waals surface area contributed by atoms with Crippen LogP contribution in [0.25, 0.3) is 10.9 Å². The summed E-state index contributed by atoms with van der Waals surface area (Å²) in [5, 5.41) is 11.8. The molecule has 0 aliphatic carbocycles. The van der Waals surface area contributed by atoms with Gasteiger partial charge in [0.25, 0.3) is 0 Å². The fourth-order valence-corrected chi connectivity index (χ4v) is 3.12. The highest BCUT2D eigenvalue weighted by Gasteiger charge is 2.18. The number of aromatic nitrogens is 4. The molecular weight excluding hydrogens is 262 g/mol. The van der Waals surface area contributed by atoms with Gasteiger partial charge < -0.3 is 9.88 Å². The molecule has 21 heavy (non-hydrogen) atoms. The third-order valence-electron chi connectivity index (χ3n) is 4.30. The first kappa shape index (κ1) is 12.6. The van der Waals surface area contributed by atoms with Crippen molar-refractivity contribution >= 4 is 10.9 Å². The molecule has 108 valence electrons. The third-order valence-corrected chi connectivity index (χ3v) is 4.30. The van der Waals surface area contributed by atoms with E-state index in [-0.39, 0.29) is 0 Å². The Morgan fingerprint density at radius 3 is 3.38 bits per heavy atom. The molecule has 2 aromatic heterocycles. The largest absolute Gasteiger partial charge is 0.335 e. The smallest absolute Gasteiger partial charge is 0.108 e. The average molecular weight is 281 g/mol. The zero-order valence-electron chi connectivity index (χ0n) is 11.9. The molecule has 0 spiro atoms. The van der Waals surface area contributed by atoms with Crippen molar-refractivity contribution in [2.24, 2.45) is 5.92 Å². The van der Waals surface area contributed by atoms with Gasteiger partial charge in [-0.15, -0.1) is 0 Å². The van der Waals surface area contributed by atoms with Crippen molar-refractivity contribution in [3.63, 3.8) is 0 Å². The number of rotatable bonds is 4. The molecule has 1 aromatic carbocycles. The Balaban J connectivity index is 1.33. The van der Waals surface area contributed by atoms with Crippen molar-refractivity contribution in [2.45, 2.75) is 25.9 Å². The van der Waals surface area contributed by atoms with Gasteiger partial charge in [0, 0.05) is 37.3 Å². The molecule has 5 heteroatoms. The van der Waals surface area contributed by atoms with Crippen LogP contribution in [0.3, 0.4) is 0 Å². The lowest BCUT2D eigenvalue weighted by atomic mass is 9.99. The van der Waals surface area contributed by atoms with Crippen molar-refractivity contribution < 1.29 is 0 Å². The Morgan fingerprint density at radius 1 is 1.38 bits per heavy atom. The topological polar surface area (TPSA) is 58.5 Å². The first-order valence-corrected chi connectivity index (χ1v) is 7.51. The molecular formula is C16H19N5. The second-order valence-corrected chi connectivity index (χ2v) is 5.82. The average Bonchev–Trinajstić information content (AvgIpc) is 3.14. The number of H-pyrrole nitrogens is 1. The zero-order valence-corrected chi connectivity index (χ0v) is 11.9. The summed E-state index contributed by atoms with van der Waals surface area (Å²) in [5.41, 5.74) is 2.40. The zero-order chi connectivity index (χ0) is 14.1. The number of nitrogens with zero attached hydrogens (tertiary/aromatic N) is 3. The highest BCUT2D eigenvalue weighted by molar-refractivity contribution is 5.78. The molecule has 3 heterocycles. The van der Waals surface area contributed by atoms with E-state index in [0.29, 0.717) is 5.92 Å². The van der Waals surface area contributed by atoms with Crippen molar-refractivity contribution in [3.8, 4) is 0 Å². The number of hydrogen-bond donors (Lipinski definition) is 2. The number of hydrogen-bond acceptors (Lipinski definition) is 3. The van der Waals surface area contributed by atoms with Crippen LogP contribution in [0.4, 0.5) is 0 Å². The van der Waals surface area contributed by atoms with Crippen LogP contribution >= 0.6 is 0 Å². The van der Waals surface area contributed by atoms with Crippen molar-refractivity contribution in [1.29, 1.82) is 0 Å². The van der Waals surface area contributed by atoms with E-state index in [1.54, 1.807) is 0 Å². The van der Waals surface area contributed by atoms with Gasteiger partial charge in [-0.2, -0.15) is 5.10 Å². The van der Waals surface area contributed by atoms with Crippen molar-refractivity contribution in [2.75, 3.05) is 6.54 Å². The van der Waals surface area contributed by atoms with E-state index in [1.807, 2.05) is 12.4 Å². The van der Waals surface area contributed by atoms with Gasteiger partial charge in [0.05, 0.1) is 11.7 Å². The van der Waals surface area contributed by atoms with Gasteiger partial charge in [0.2, 0.25) is 0 Å². The number of fused-ring (bicyclic) bond motifs is 2. The van der Waals surface area contributed by atoms with E-state index in [2.05, 4.69) is 49.5 Å². The molecule has 5 nitrogen and oxygen atoms in total. The van der Waals surface area contributed by atoms with Crippen LogP contribution in [-0.4, -0.2) is 26.3 Å². The standard InChI is InChI=1S/C16H19N5/c1-3-14-10-19-20-15(14)7-12(1)8-17-9-13-2-4-16-18-5-6-21(16)11-13/h1,3,5-7,10,13,17H,2,4,8-9,11H2,(H,19,20)/t13-/m0/s1. The Bertz CT molecular complexity index is 742. The molecule has 1 aliphatic heterocycles. The maximum absolute atomic E-state index is 4.38. The highest BCUT2D eigenvalue weighted by atomic mass is 15.1. The summed E-state index contributed by atoms with van der Waals surface area (Å²) < 4.78 is 2.28. The maximum atomic E-state index is 4.38. The predicted molar refractivity (Wildman–Crippen MR) is 81.8 cm³/mol. The van der Waals surface area contributed by atoms with Crippen LogP contribution in [0.2, 0.25) is 0 Å². The summed E-state index contributed by atoms with van der Waals surface area (Å²) in [4.78, 5) is 4.38. The summed E-state index contributed by atoms with van der Waals surface area (Å²) >= 11 is 0. The first-order chi connectivity index (χ1) is 10.4. The molecule has 1 aliphatic rings. The fraction of sp³-hybridized carbons (Fsp3) is 0.375. The lowest BCUT2D eigenvalue weighted by Crippen LogP contribution is -2.29. The molecule has 0 fully saturated rings. The van der Waals surface area contributed by atoms with Crippen LogP contribution in [0.15, 0.2) is 36.8 Å². The van der Waals surface area contributed by atoms with Gasteiger partial charge in [-0.3, -0.25) is 5.10 Å². The van der Waals surface area contributed by atoms with Crippen molar-refractivity contribution in [3.05, 3.63) is 48.2 Å². The summed E-state index contributed by atoms with van der Waals surface area (Å²) in [7, 11) is 0. The minimum atomic E-state index is 0.697. The number of aryl methyl sites for hydroxylation is 1. The van der Waals surface area contributed by atoms with Crippen LogP contribution < -0.4 is 5.32 Å². The van der Waals surface area contributed by atoms with Crippen LogP contribution in [0, 0.1) is 5.92 Å². The number of aromatic amines is 1. The van der Waals surface area contributed by atoms with Crippen LogP contribution in [0.1, 0.15) is 17.8 Å². The van der Waals surface area contributed by atoms with Gasteiger partial charge in [-0.05, 0) is 30.5 Å². The van der Waals surface area contributed by atoms with Gasteiger partial charge in [-0.1, -0.05) is 12.1 Å². The predicted octanol–water partition coefficient (Wildman–Crippen LogP) is 2.11. The quantitative estimate of drug-likeness (QED) is 0.770. The fourth-order valence-electron chi connectivity index (χ4n) is 3.12. The molecule has 4 rings (SSSR count). The monoisotopic (exact) mass is 281 g/mol. The summed E-state index contributed by atoms with van der Waals surface area (Å²) in [6, 6.07) is 6.46. The van der Waals surface area contributed by atoms with E-state index in [1.165, 1.54) is 23.2 Å². The summed E-state index contributed by atoms with van der Waals surface area (Å²) in [6.45, 7) is 3.04. The van der Waals surface area contributed by atoms with E-state index in [4.69, 9.17) is 0 Å².